The predicted molar refractivity (Wildman–Crippen MR) is 142 cm³/mol. The number of nitrogens with zero attached hydrogens (tertiary/aromatic N) is 2. The van der Waals surface area contributed by atoms with Crippen LogP contribution in [0.25, 0.3) is 11.3 Å². The highest BCUT2D eigenvalue weighted by Gasteiger charge is 2.24. The Hall–Kier alpha value is -3.76. The predicted octanol–water partition coefficient (Wildman–Crippen LogP) is 5.02. The summed E-state index contributed by atoms with van der Waals surface area (Å²) in [7, 11) is 0. The lowest BCUT2D eigenvalue weighted by atomic mass is 9.98. The van der Waals surface area contributed by atoms with Gasteiger partial charge >= 0.3 is 0 Å². The first-order chi connectivity index (χ1) is 17.2. The van der Waals surface area contributed by atoms with Crippen molar-refractivity contribution in [2.45, 2.75) is 33.3 Å². The number of aryl methyl sites for hydroxylation is 1. The van der Waals surface area contributed by atoms with Gasteiger partial charge in [-0.25, -0.2) is 0 Å². The number of carbonyl (C=O) groups is 1. The number of furan rings is 1. The number of benzene rings is 2. The number of rotatable bonds is 6. The van der Waals surface area contributed by atoms with Crippen molar-refractivity contribution >= 4 is 40.3 Å². The first-order valence-electron chi connectivity index (χ1n) is 11.7. The van der Waals surface area contributed by atoms with E-state index in [1.807, 2.05) is 25.1 Å². The Morgan fingerprint density at radius 3 is 2.61 bits per heavy atom. The molecule has 0 saturated carbocycles. The van der Waals surface area contributed by atoms with Crippen LogP contribution in [0.2, 0.25) is 0 Å². The number of hydrogen-bond acceptors (Lipinski definition) is 7. The monoisotopic (exact) mass is 508 g/mol. The average molecular weight is 509 g/mol. The summed E-state index contributed by atoms with van der Waals surface area (Å²) in [5.41, 5.74) is 3.05. The van der Waals surface area contributed by atoms with Crippen LogP contribution in [0.15, 0.2) is 52.9 Å². The molecule has 3 N–H and O–H groups in total. The molecule has 0 atom stereocenters. The fourth-order valence-electron chi connectivity index (χ4n) is 4.20. The normalized spacial score (nSPS) is 13.9. The molecule has 1 amide bonds. The van der Waals surface area contributed by atoms with Gasteiger partial charge in [0, 0.05) is 36.5 Å². The van der Waals surface area contributed by atoms with E-state index in [-0.39, 0.29) is 23.0 Å². The van der Waals surface area contributed by atoms with E-state index in [0.29, 0.717) is 28.8 Å². The Morgan fingerprint density at radius 2 is 1.94 bits per heavy atom. The lowest BCUT2D eigenvalue weighted by Gasteiger charge is -2.33. The van der Waals surface area contributed by atoms with Crippen LogP contribution in [0.3, 0.4) is 0 Å². The highest BCUT2D eigenvalue weighted by Crippen LogP contribution is 2.30. The van der Waals surface area contributed by atoms with E-state index in [0.717, 1.165) is 37.1 Å². The standard InChI is InChI=1S/C26H28N4O5S/c1-16-9-11-29(12-10-16)23-7-5-19(30(33)34)14-21(23)25(32)28-26(36)27-22-13-18(4-3-17(22)2)24-8-6-20(15-31)35-24/h3-8,13-14,16,31H,9-12,15H2,1-2H3,(H2,27,28,32,36). The molecule has 3 aromatic rings. The summed E-state index contributed by atoms with van der Waals surface area (Å²) in [6.45, 7) is 5.45. The third-order valence-electron chi connectivity index (χ3n) is 6.37. The molecular weight excluding hydrogens is 480 g/mol. The first-order valence-corrected chi connectivity index (χ1v) is 12.1. The minimum atomic E-state index is -0.516. The second-order valence-corrected chi connectivity index (χ2v) is 9.40. The quantitative estimate of drug-likeness (QED) is 0.241. The van der Waals surface area contributed by atoms with Gasteiger partial charge < -0.3 is 19.7 Å². The van der Waals surface area contributed by atoms with Gasteiger partial charge in [0.1, 0.15) is 18.1 Å². The summed E-state index contributed by atoms with van der Waals surface area (Å²) in [5, 5.41) is 26.4. The summed E-state index contributed by atoms with van der Waals surface area (Å²) in [4.78, 5) is 26.2. The molecule has 1 aliphatic heterocycles. The number of nitro benzene ring substituents is 1. The van der Waals surface area contributed by atoms with Crippen LogP contribution in [-0.2, 0) is 6.61 Å². The molecule has 9 nitrogen and oxygen atoms in total. The van der Waals surface area contributed by atoms with E-state index in [1.54, 1.807) is 18.2 Å². The molecule has 2 aromatic carbocycles. The molecular formula is C26H28N4O5S. The molecule has 1 saturated heterocycles. The molecule has 0 aliphatic carbocycles. The first kappa shape index (κ1) is 25.3. The summed E-state index contributed by atoms with van der Waals surface area (Å²) in [6, 6.07) is 13.4. The van der Waals surface area contributed by atoms with Gasteiger partial charge in [-0.15, -0.1) is 0 Å². The van der Waals surface area contributed by atoms with Crippen molar-refractivity contribution in [1.82, 2.24) is 5.32 Å². The zero-order valence-electron chi connectivity index (χ0n) is 20.1. The SMILES string of the molecule is Cc1ccc(-c2ccc(CO)o2)cc1NC(=S)NC(=O)c1cc([N+](=O)[O-])ccc1N1CCC(C)CC1. The number of non-ortho nitro benzene ring substituents is 1. The number of thiocarbonyl (C=S) groups is 1. The van der Waals surface area contributed by atoms with E-state index < -0.39 is 10.8 Å². The lowest BCUT2D eigenvalue weighted by molar-refractivity contribution is -0.384. The molecule has 0 radical (unpaired) electrons. The minimum absolute atomic E-state index is 0.0699. The maximum absolute atomic E-state index is 13.2. The zero-order valence-corrected chi connectivity index (χ0v) is 20.9. The maximum Gasteiger partial charge on any atom is 0.270 e. The van der Waals surface area contributed by atoms with E-state index in [2.05, 4.69) is 22.5 Å². The van der Waals surface area contributed by atoms with Gasteiger partial charge in [0.15, 0.2) is 5.11 Å². The minimum Gasteiger partial charge on any atom is -0.459 e. The second-order valence-electron chi connectivity index (χ2n) is 8.99. The molecule has 1 aromatic heterocycles. The topological polar surface area (TPSA) is 121 Å². The largest absolute Gasteiger partial charge is 0.459 e. The molecule has 188 valence electrons. The molecule has 1 aliphatic rings. The summed E-state index contributed by atoms with van der Waals surface area (Å²) in [5.74, 6) is 1.13. The maximum atomic E-state index is 13.2. The molecule has 0 spiro atoms. The van der Waals surface area contributed by atoms with Crippen LogP contribution in [0.4, 0.5) is 17.1 Å². The van der Waals surface area contributed by atoms with Crippen LogP contribution in [0.5, 0.6) is 0 Å². The Balaban J connectivity index is 1.53. The molecule has 2 heterocycles. The van der Waals surface area contributed by atoms with Crippen molar-refractivity contribution in [2.24, 2.45) is 5.92 Å². The van der Waals surface area contributed by atoms with E-state index in [1.165, 1.54) is 12.1 Å². The van der Waals surface area contributed by atoms with Gasteiger partial charge in [-0.1, -0.05) is 19.1 Å². The van der Waals surface area contributed by atoms with Gasteiger partial charge in [-0.05, 0) is 67.7 Å². The molecule has 1 fully saturated rings. The van der Waals surface area contributed by atoms with Crippen LogP contribution < -0.4 is 15.5 Å². The summed E-state index contributed by atoms with van der Waals surface area (Å²) < 4.78 is 5.61. The smallest absolute Gasteiger partial charge is 0.270 e. The van der Waals surface area contributed by atoms with Crippen molar-refractivity contribution in [3.63, 3.8) is 0 Å². The van der Waals surface area contributed by atoms with E-state index in [4.69, 9.17) is 16.6 Å². The summed E-state index contributed by atoms with van der Waals surface area (Å²) >= 11 is 5.41. The lowest BCUT2D eigenvalue weighted by Crippen LogP contribution is -2.37. The van der Waals surface area contributed by atoms with Crippen molar-refractivity contribution in [2.75, 3.05) is 23.3 Å². The van der Waals surface area contributed by atoms with Crippen molar-refractivity contribution in [3.05, 3.63) is 75.5 Å². The second kappa shape index (κ2) is 10.9. The van der Waals surface area contributed by atoms with Crippen LogP contribution in [0, 0.1) is 23.0 Å². The van der Waals surface area contributed by atoms with Gasteiger partial charge in [0.2, 0.25) is 0 Å². The number of piperidine rings is 1. The molecule has 0 bridgehead atoms. The highest BCUT2D eigenvalue weighted by atomic mass is 32.1. The van der Waals surface area contributed by atoms with Crippen LogP contribution >= 0.6 is 12.2 Å². The van der Waals surface area contributed by atoms with Gasteiger partial charge in [0.25, 0.3) is 11.6 Å². The van der Waals surface area contributed by atoms with Crippen LogP contribution in [0.1, 0.15) is 41.4 Å². The van der Waals surface area contributed by atoms with E-state index in [9.17, 15) is 20.0 Å². The van der Waals surface area contributed by atoms with Crippen molar-refractivity contribution in [1.29, 1.82) is 0 Å². The Labute approximate surface area is 214 Å². The molecule has 0 unspecified atom stereocenters. The Morgan fingerprint density at radius 1 is 1.19 bits per heavy atom. The van der Waals surface area contributed by atoms with Crippen LogP contribution in [-0.4, -0.2) is 34.1 Å². The number of anilines is 2. The number of aliphatic hydroxyl groups is 1. The molecule has 10 heteroatoms. The number of carbonyl (C=O) groups excluding carboxylic acids is 1. The third-order valence-corrected chi connectivity index (χ3v) is 6.58. The van der Waals surface area contributed by atoms with Crippen molar-refractivity contribution < 1.29 is 19.2 Å². The molecule has 36 heavy (non-hydrogen) atoms. The van der Waals surface area contributed by atoms with Gasteiger partial charge in [0.05, 0.1) is 16.2 Å². The third kappa shape index (κ3) is 5.72. The highest BCUT2D eigenvalue weighted by molar-refractivity contribution is 7.80. The summed E-state index contributed by atoms with van der Waals surface area (Å²) in [6.07, 6.45) is 1.98. The fraction of sp³-hybridized carbons (Fsp3) is 0.308. The van der Waals surface area contributed by atoms with Crippen molar-refractivity contribution in [3.8, 4) is 11.3 Å². The van der Waals surface area contributed by atoms with E-state index >= 15 is 0 Å². The molecule has 4 rings (SSSR count). The number of nitro groups is 1. The average Bonchev–Trinajstić information content (AvgIpc) is 3.35. The van der Waals surface area contributed by atoms with Gasteiger partial charge in [-0.2, -0.15) is 0 Å². The fourth-order valence-corrected chi connectivity index (χ4v) is 4.40. The number of amides is 1. The number of nitrogens with one attached hydrogen (secondary N) is 2. The number of aliphatic hydroxyl groups excluding tert-OH is 1. The Bertz CT molecular complexity index is 1300. The number of hydrogen-bond donors (Lipinski definition) is 3. The zero-order chi connectivity index (χ0) is 25.8. The van der Waals surface area contributed by atoms with Gasteiger partial charge in [-0.3, -0.25) is 20.2 Å². The Kier molecular flexibility index (Phi) is 7.66.